The molecule has 0 bridgehead atoms. The molecular weight excluding hydrogens is 340 g/mol. The van der Waals surface area contributed by atoms with E-state index in [1.54, 1.807) is 0 Å². The Kier molecular flexibility index (Phi) is 4.44. The molecule has 3 unspecified atom stereocenters. The summed E-state index contributed by atoms with van der Waals surface area (Å²) in [7, 11) is 0. The molecule has 1 aromatic carbocycles. The first kappa shape index (κ1) is 18.0. The zero-order valence-corrected chi connectivity index (χ0v) is 16.3. The van der Waals surface area contributed by atoms with Crippen molar-refractivity contribution in [3.63, 3.8) is 0 Å². The lowest BCUT2D eigenvalue weighted by Crippen LogP contribution is -2.53. The second kappa shape index (κ2) is 6.66. The molecule has 144 valence electrons. The molecule has 1 saturated heterocycles. The van der Waals surface area contributed by atoms with Crippen molar-refractivity contribution in [1.82, 2.24) is 14.9 Å². The third kappa shape index (κ3) is 3.33. The fourth-order valence-corrected chi connectivity index (χ4v) is 4.59. The van der Waals surface area contributed by atoms with Crippen LogP contribution in [0.5, 0.6) is 0 Å². The Bertz CT molecular complexity index is 880. The molecule has 1 aromatic heterocycles. The lowest BCUT2D eigenvalue weighted by atomic mass is 9.75. The number of imidazole rings is 1. The van der Waals surface area contributed by atoms with Crippen LogP contribution in [0.15, 0.2) is 24.3 Å². The van der Waals surface area contributed by atoms with Crippen LogP contribution in [-0.2, 0) is 15.1 Å². The van der Waals surface area contributed by atoms with Crippen LogP contribution in [0.1, 0.15) is 52.9 Å². The first-order valence-corrected chi connectivity index (χ1v) is 9.94. The summed E-state index contributed by atoms with van der Waals surface area (Å²) in [5.41, 5.74) is 1.56. The highest BCUT2D eigenvalue weighted by molar-refractivity contribution is 6.06. The van der Waals surface area contributed by atoms with Gasteiger partial charge in [-0.1, -0.05) is 25.0 Å². The average molecular weight is 368 g/mol. The molecular formula is C21H28N4O2. The van der Waals surface area contributed by atoms with Gasteiger partial charge in [0.2, 0.25) is 17.8 Å². The van der Waals surface area contributed by atoms with Crippen molar-refractivity contribution in [2.45, 2.75) is 64.5 Å². The summed E-state index contributed by atoms with van der Waals surface area (Å²) in [5, 5.41) is 6.03. The van der Waals surface area contributed by atoms with Gasteiger partial charge in [-0.25, -0.2) is 4.98 Å². The predicted molar refractivity (Wildman–Crippen MR) is 105 cm³/mol. The van der Waals surface area contributed by atoms with Gasteiger partial charge in [0.1, 0.15) is 5.92 Å². The van der Waals surface area contributed by atoms with Crippen molar-refractivity contribution in [1.29, 1.82) is 0 Å². The van der Waals surface area contributed by atoms with E-state index in [1.807, 2.05) is 28.8 Å². The number of carbonyl (C=O) groups excluding carboxylic acids is 2. The van der Waals surface area contributed by atoms with Crippen molar-refractivity contribution in [3.8, 4) is 0 Å². The van der Waals surface area contributed by atoms with E-state index >= 15 is 0 Å². The summed E-state index contributed by atoms with van der Waals surface area (Å²) >= 11 is 0. The molecule has 2 aromatic rings. The number of nitrogens with zero attached hydrogens (tertiary/aromatic N) is 2. The second-order valence-corrected chi connectivity index (χ2v) is 8.87. The van der Waals surface area contributed by atoms with E-state index in [0.717, 1.165) is 30.3 Å². The lowest BCUT2D eigenvalue weighted by Gasteiger charge is -2.38. The summed E-state index contributed by atoms with van der Waals surface area (Å²) in [5.74, 6) is -0.120. The number of piperidine rings is 1. The number of nitrogens with one attached hydrogen (secondary N) is 2. The van der Waals surface area contributed by atoms with E-state index in [4.69, 9.17) is 0 Å². The molecule has 2 aliphatic rings. The van der Waals surface area contributed by atoms with E-state index < -0.39 is 5.92 Å². The van der Waals surface area contributed by atoms with Crippen LogP contribution in [0.3, 0.4) is 0 Å². The van der Waals surface area contributed by atoms with Crippen LogP contribution in [0.2, 0.25) is 0 Å². The molecule has 2 N–H and O–H groups in total. The summed E-state index contributed by atoms with van der Waals surface area (Å²) in [6.45, 7) is 6.24. The number of rotatable bonds is 2. The van der Waals surface area contributed by atoms with Gasteiger partial charge in [-0.15, -0.1) is 0 Å². The highest BCUT2D eigenvalue weighted by Crippen LogP contribution is 2.34. The summed E-state index contributed by atoms with van der Waals surface area (Å²) in [4.78, 5) is 30.1. The number of benzene rings is 1. The lowest BCUT2D eigenvalue weighted by molar-refractivity contribution is -0.137. The molecule has 0 radical (unpaired) electrons. The van der Waals surface area contributed by atoms with E-state index in [2.05, 4.69) is 36.4 Å². The molecule has 3 atom stereocenters. The largest absolute Gasteiger partial charge is 0.352 e. The van der Waals surface area contributed by atoms with Crippen molar-refractivity contribution >= 4 is 28.8 Å². The zero-order valence-electron chi connectivity index (χ0n) is 16.3. The van der Waals surface area contributed by atoms with Gasteiger partial charge in [-0.05, 0) is 58.1 Å². The van der Waals surface area contributed by atoms with E-state index in [9.17, 15) is 9.59 Å². The van der Waals surface area contributed by atoms with Gasteiger partial charge in [0, 0.05) is 11.6 Å². The number of fused-ring (bicyclic) bond motifs is 2. The Morgan fingerprint density at radius 3 is 2.74 bits per heavy atom. The molecule has 2 heterocycles. The molecule has 1 aliphatic carbocycles. The molecule has 1 aliphatic heterocycles. The Hall–Kier alpha value is -2.37. The topological polar surface area (TPSA) is 76.0 Å². The number of hydrogen-bond donors (Lipinski definition) is 2. The van der Waals surface area contributed by atoms with Gasteiger partial charge < -0.3 is 9.88 Å². The number of carbonyl (C=O) groups is 2. The quantitative estimate of drug-likeness (QED) is 0.798. The van der Waals surface area contributed by atoms with E-state index in [1.165, 1.54) is 6.42 Å². The number of aromatic nitrogens is 2. The number of amides is 2. The first-order chi connectivity index (χ1) is 12.8. The molecule has 0 spiro atoms. The van der Waals surface area contributed by atoms with Crippen LogP contribution in [0, 0.1) is 11.8 Å². The third-order valence-electron chi connectivity index (χ3n) is 5.87. The predicted octanol–water partition coefficient (Wildman–Crippen LogP) is 3.42. The molecule has 2 amide bonds. The number of para-hydroxylation sites is 2. The van der Waals surface area contributed by atoms with E-state index in [0.29, 0.717) is 18.3 Å². The molecule has 4 rings (SSSR count). The average Bonchev–Trinajstić information content (AvgIpc) is 2.99. The highest BCUT2D eigenvalue weighted by Gasteiger charge is 2.40. The minimum atomic E-state index is -0.641. The minimum absolute atomic E-state index is 0.144. The first-order valence-electron chi connectivity index (χ1n) is 9.94. The molecule has 27 heavy (non-hydrogen) atoms. The van der Waals surface area contributed by atoms with E-state index in [-0.39, 0.29) is 23.4 Å². The van der Waals surface area contributed by atoms with Crippen molar-refractivity contribution in [2.75, 3.05) is 5.32 Å². The molecule has 6 nitrogen and oxygen atoms in total. The Morgan fingerprint density at radius 1 is 1.22 bits per heavy atom. The molecule has 2 fully saturated rings. The van der Waals surface area contributed by atoms with Gasteiger partial charge >= 0.3 is 0 Å². The van der Waals surface area contributed by atoms with Crippen LogP contribution in [-0.4, -0.2) is 27.4 Å². The Morgan fingerprint density at radius 2 is 1.96 bits per heavy atom. The Balaban J connectivity index is 1.60. The SMILES string of the molecule is CC(C)(C)n1c(NC(=O)C2CC3CCCCC3NC2=O)nc2ccccc21. The van der Waals surface area contributed by atoms with Gasteiger partial charge in [0.15, 0.2) is 0 Å². The minimum Gasteiger partial charge on any atom is -0.352 e. The number of hydrogen-bond acceptors (Lipinski definition) is 3. The van der Waals surface area contributed by atoms with Crippen molar-refractivity contribution in [3.05, 3.63) is 24.3 Å². The standard InChI is InChI=1S/C21H28N4O2/c1-21(2,3)25-17-11-7-6-10-16(17)23-20(25)24-19(27)14-12-13-8-4-5-9-15(13)22-18(14)26/h6-7,10-11,13-15H,4-5,8-9,12H2,1-3H3,(H,22,26)(H,23,24,27). The summed E-state index contributed by atoms with van der Waals surface area (Å²) < 4.78 is 2.03. The summed E-state index contributed by atoms with van der Waals surface area (Å²) in [6, 6.07) is 8.09. The summed E-state index contributed by atoms with van der Waals surface area (Å²) in [6.07, 6.45) is 5.11. The third-order valence-corrected chi connectivity index (χ3v) is 5.87. The second-order valence-electron chi connectivity index (χ2n) is 8.87. The fourth-order valence-electron chi connectivity index (χ4n) is 4.59. The smallest absolute Gasteiger partial charge is 0.239 e. The van der Waals surface area contributed by atoms with Crippen LogP contribution in [0.25, 0.3) is 11.0 Å². The van der Waals surface area contributed by atoms with Gasteiger partial charge in [0.25, 0.3) is 0 Å². The van der Waals surface area contributed by atoms with Gasteiger partial charge in [-0.2, -0.15) is 0 Å². The fraction of sp³-hybridized carbons (Fsp3) is 0.571. The number of anilines is 1. The molecule has 6 heteroatoms. The highest BCUT2D eigenvalue weighted by atomic mass is 16.2. The van der Waals surface area contributed by atoms with Crippen LogP contribution < -0.4 is 10.6 Å². The maximum atomic E-state index is 13.0. The molecule has 1 saturated carbocycles. The maximum Gasteiger partial charge on any atom is 0.239 e. The van der Waals surface area contributed by atoms with Crippen LogP contribution in [0.4, 0.5) is 5.95 Å². The maximum absolute atomic E-state index is 13.0. The Labute approximate surface area is 159 Å². The normalized spacial score (nSPS) is 25.7. The van der Waals surface area contributed by atoms with Gasteiger partial charge in [-0.3, -0.25) is 14.9 Å². The van der Waals surface area contributed by atoms with Crippen molar-refractivity contribution < 1.29 is 9.59 Å². The van der Waals surface area contributed by atoms with Crippen LogP contribution >= 0.6 is 0 Å². The van der Waals surface area contributed by atoms with Crippen molar-refractivity contribution in [2.24, 2.45) is 11.8 Å². The monoisotopic (exact) mass is 368 g/mol. The van der Waals surface area contributed by atoms with Gasteiger partial charge in [0.05, 0.1) is 11.0 Å². The zero-order chi connectivity index (χ0) is 19.2.